The second-order valence-corrected chi connectivity index (χ2v) is 5.54. The van der Waals surface area contributed by atoms with Gasteiger partial charge >= 0.3 is 6.18 Å². The van der Waals surface area contributed by atoms with E-state index in [1.165, 1.54) is 25.2 Å². The lowest BCUT2D eigenvalue weighted by Gasteiger charge is -2.10. The lowest BCUT2D eigenvalue weighted by atomic mass is 10.2. The SMILES string of the molecule is CNC(=O)c1cc(NC(=O)COc2ccc(C(F)(F)F)cc2)ccc1Cl. The maximum Gasteiger partial charge on any atom is 0.416 e. The minimum Gasteiger partial charge on any atom is -0.484 e. The molecule has 0 saturated carbocycles. The van der Waals surface area contributed by atoms with E-state index in [-0.39, 0.29) is 16.3 Å². The first kappa shape index (κ1) is 19.6. The van der Waals surface area contributed by atoms with Gasteiger partial charge in [-0.25, -0.2) is 0 Å². The average Bonchev–Trinajstić information content (AvgIpc) is 2.60. The maximum atomic E-state index is 12.5. The van der Waals surface area contributed by atoms with Crippen LogP contribution in [0.15, 0.2) is 42.5 Å². The van der Waals surface area contributed by atoms with Gasteiger partial charge in [0.15, 0.2) is 6.61 Å². The Labute approximate surface area is 152 Å². The third-order valence-electron chi connectivity index (χ3n) is 3.27. The molecule has 0 aliphatic rings. The number of hydrogen-bond donors (Lipinski definition) is 2. The molecule has 0 unspecified atom stereocenters. The quantitative estimate of drug-likeness (QED) is 0.822. The van der Waals surface area contributed by atoms with Gasteiger partial charge in [-0.15, -0.1) is 0 Å². The highest BCUT2D eigenvalue weighted by atomic mass is 35.5. The lowest BCUT2D eigenvalue weighted by Crippen LogP contribution is -2.21. The molecule has 5 nitrogen and oxygen atoms in total. The van der Waals surface area contributed by atoms with Crippen LogP contribution in [0.3, 0.4) is 0 Å². The normalized spacial score (nSPS) is 11.0. The van der Waals surface area contributed by atoms with E-state index in [0.29, 0.717) is 5.69 Å². The summed E-state index contributed by atoms with van der Waals surface area (Å²) in [5.41, 5.74) is -0.290. The molecule has 2 N–H and O–H groups in total. The number of ether oxygens (including phenoxy) is 1. The molecule has 0 spiro atoms. The van der Waals surface area contributed by atoms with Crippen molar-refractivity contribution < 1.29 is 27.5 Å². The fourth-order valence-electron chi connectivity index (χ4n) is 2.00. The van der Waals surface area contributed by atoms with Crippen molar-refractivity contribution in [3.63, 3.8) is 0 Å². The van der Waals surface area contributed by atoms with Crippen LogP contribution in [0.25, 0.3) is 0 Å². The van der Waals surface area contributed by atoms with E-state index in [9.17, 15) is 22.8 Å². The number of benzene rings is 2. The molecule has 0 aliphatic carbocycles. The zero-order valence-electron chi connectivity index (χ0n) is 13.5. The maximum absolute atomic E-state index is 12.5. The van der Waals surface area contributed by atoms with Gasteiger partial charge in [-0.1, -0.05) is 11.6 Å². The van der Waals surface area contributed by atoms with Gasteiger partial charge in [-0.2, -0.15) is 13.2 Å². The molecule has 0 radical (unpaired) electrons. The van der Waals surface area contributed by atoms with Crippen LogP contribution in [0.2, 0.25) is 5.02 Å². The second kappa shape index (κ2) is 8.09. The van der Waals surface area contributed by atoms with E-state index >= 15 is 0 Å². The minimum atomic E-state index is -4.44. The van der Waals surface area contributed by atoms with Gasteiger partial charge in [0.05, 0.1) is 16.1 Å². The number of rotatable bonds is 5. The molecule has 138 valence electrons. The number of halogens is 4. The molecule has 0 bridgehead atoms. The molecule has 9 heteroatoms. The summed E-state index contributed by atoms with van der Waals surface area (Å²) in [5, 5.41) is 5.16. The lowest BCUT2D eigenvalue weighted by molar-refractivity contribution is -0.137. The van der Waals surface area contributed by atoms with Gasteiger partial charge < -0.3 is 15.4 Å². The first-order valence-electron chi connectivity index (χ1n) is 7.32. The summed E-state index contributed by atoms with van der Waals surface area (Å²) < 4.78 is 42.6. The Morgan fingerprint density at radius 1 is 1.12 bits per heavy atom. The van der Waals surface area contributed by atoms with Crippen molar-refractivity contribution in [1.29, 1.82) is 0 Å². The molecular formula is C17H14ClF3N2O3. The molecule has 2 aromatic rings. The van der Waals surface area contributed by atoms with Crippen LogP contribution in [0.1, 0.15) is 15.9 Å². The molecule has 2 aromatic carbocycles. The zero-order chi connectivity index (χ0) is 19.3. The van der Waals surface area contributed by atoms with Crippen LogP contribution in [-0.2, 0) is 11.0 Å². The molecule has 0 heterocycles. The van der Waals surface area contributed by atoms with Gasteiger partial charge in [0, 0.05) is 12.7 Å². The highest BCUT2D eigenvalue weighted by Gasteiger charge is 2.30. The molecule has 0 saturated heterocycles. The van der Waals surface area contributed by atoms with Crippen molar-refractivity contribution in [3.05, 3.63) is 58.6 Å². The number of alkyl halides is 3. The van der Waals surface area contributed by atoms with Crippen molar-refractivity contribution in [2.45, 2.75) is 6.18 Å². The van der Waals surface area contributed by atoms with E-state index in [4.69, 9.17) is 16.3 Å². The van der Waals surface area contributed by atoms with Gasteiger partial charge in [-0.05, 0) is 42.5 Å². The smallest absolute Gasteiger partial charge is 0.416 e. The summed E-state index contributed by atoms with van der Waals surface area (Å²) in [6, 6.07) is 8.34. The monoisotopic (exact) mass is 386 g/mol. The summed E-state index contributed by atoms with van der Waals surface area (Å²) in [7, 11) is 1.45. The van der Waals surface area contributed by atoms with E-state index in [1.807, 2.05) is 0 Å². The molecule has 0 atom stereocenters. The number of nitrogens with one attached hydrogen (secondary N) is 2. The van der Waals surface area contributed by atoms with E-state index < -0.39 is 30.2 Å². The molecule has 2 rings (SSSR count). The van der Waals surface area contributed by atoms with Crippen molar-refractivity contribution in [2.24, 2.45) is 0 Å². The third kappa shape index (κ3) is 5.13. The molecule has 0 fully saturated rings. The van der Waals surface area contributed by atoms with Gasteiger partial charge in [0.2, 0.25) is 0 Å². The van der Waals surface area contributed by atoms with Crippen LogP contribution in [0, 0.1) is 0 Å². The Hall–Kier alpha value is -2.74. The Morgan fingerprint density at radius 3 is 2.35 bits per heavy atom. The largest absolute Gasteiger partial charge is 0.484 e. The van der Waals surface area contributed by atoms with Crippen LogP contribution < -0.4 is 15.4 Å². The second-order valence-electron chi connectivity index (χ2n) is 5.13. The topological polar surface area (TPSA) is 67.4 Å². The van der Waals surface area contributed by atoms with Crippen LogP contribution in [-0.4, -0.2) is 25.5 Å². The van der Waals surface area contributed by atoms with Crippen LogP contribution in [0.4, 0.5) is 18.9 Å². The van der Waals surface area contributed by atoms with Gasteiger partial charge in [0.25, 0.3) is 11.8 Å². The van der Waals surface area contributed by atoms with Gasteiger partial charge in [0.1, 0.15) is 5.75 Å². The van der Waals surface area contributed by atoms with Crippen molar-refractivity contribution in [2.75, 3.05) is 19.0 Å². The van der Waals surface area contributed by atoms with Crippen LogP contribution in [0.5, 0.6) is 5.75 Å². The summed E-state index contributed by atoms with van der Waals surface area (Å²) in [5.74, 6) is -0.836. The predicted octanol–water partition coefficient (Wildman–Crippen LogP) is 3.74. The van der Waals surface area contributed by atoms with Crippen molar-refractivity contribution in [1.82, 2.24) is 5.32 Å². The summed E-state index contributed by atoms with van der Waals surface area (Å²) in [4.78, 5) is 23.6. The number of carbonyl (C=O) groups is 2. The third-order valence-corrected chi connectivity index (χ3v) is 3.60. The minimum absolute atomic E-state index is 0.121. The number of carbonyl (C=O) groups excluding carboxylic acids is 2. The summed E-state index contributed by atoms with van der Waals surface area (Å²) in [6.45, 7) is -0.413. The molecular weight excluding hydrogens is 373 g/mol. The fraction of sp³-hybridized carbons (Fsp3) is 0.176. The molecule has 2 amide bonds. The Kier molecular flexibility index (Phi) is 6.10. The zero-order valence-corrected chi connectivity index (χ0v) is 14.2. The number of hydrogen-bond acceptors (Lipinski definition) is 3. The standard InChI is InChI=1S/C17H14ClF3N2O3/c1-22-16(25)13-8-11(4-7-14(13)18)23-15(24)9-26-12-5-2-10(3-6-12)17(19,20)21/h2-8H,9H2,1H3,(H,22,25)(H,23,24). The Balaban J connectivity index is 1.96. The predicted molar refractivity (Wildman–Crippen MR) is 90.4 cm³/mol. The average molecular weight is 387 g/mol. The Morgan fingerprint density at radius 2 is 1.77 bits per heavy atom. The molecule has 0 aromatic heterocycles. The van der Waals surface area contributed by atoms with Gasteiger partial charge in [-0.3, -0.25) is 9.59 Å². The first-order valence-corrected chi connectivity index (χ1v) is 7.70. The van der Waals surface area contributed by atoms with Crippen molar-refractivity contribution in [3.8, 4) is 5.75 Å². The van der Waals surface area contributed by atoms with E-state index in [1.54, 1.807) is 0 Å². The number of amides is 2. The van der Waals surface area contributed by atoms with Crippen molar-refractivity contribution >= 4 is 29.1 Å². The highest BCUT2D eigenvalue weighted by molar-refractivity contribution is 6.34. The van der Waals surface area contributed by atoms with E-state index in [0.717, 1.165) is 24.3 Å². The number of anilines is 1. The highest BCUT2D eigenvalue weighted by Crippen LogP contribution is 2.30. The Bertz CT molecular complexity index is 808. The molecule has 26 heavy (non-hydrogen) atoms. The fourth-order valence-corrected chi connectivity index (χ4v) is 2.20. The first-order chi connectivity index (χ1) is 12.2. The summed E-state index contributed by atoms with van der Waals surface area (Å²) in [6.07, 6.45) is -4.44. The van der Waals surface area contributed by atoms with Crippen LogP contribution >= 0.6 is 11.6 Å². The molecule has 0 aliphatic heterocycles. The summed E-state index contributed by atoms with van der Waals surface area (Å²) >= 11 is 5.91. The van der Waals surface area contributed by atoms with E-state index in [2.05, 4.69) is 10.6 Å².